The van der Waals surface area contributed by atoms with Crippen LogP contribution in [0.4, 0.5) is 0 Å². The number of aromatic nitrogens is 2. The Balaban J connectivity index is 1.55. The molecule has 7 heteroatoms. The number of hydrogen-bond donors (Lipinski definition) is 1. The number of thioether (sulfide) groups is 1. The molecule has 3 aromatic rings. The molecular formula is C23H25N3O3S. The predicted molar refractivity (Wildman–Crippen MR) is 119 cm³/mol. The van der Waals surface area contributed by atoms with Gasteiger partial charge in [0.25, 0.3) is 5.56 Å². The molecule has 0 saturated carbocycles. The summed E-state index contributed by atoms with van der Waals surface area (Å²) in [6, 6.07) is 17.9. The summed E-state index contributed by atoms with van der Waals surface area (Å²) < 4.78 is 1.81. The van der Waals surface area contributed by atoms with E-state index < -0.39 is 5.97 Å². The van der Waals surface area contributed by atoms with Crippen molar-refractivity contribution >= 4 is 28.6 Å². The number of nitrogens with zero attached hydrogens (tertiary/aromatic N) is 3. The van der Waals surface area contributed by atoms with Crippen molar-refractivity contribution in [3.05, 3.63) is 70.5 Å². The van der Waals surface area contributed by atoms with Crippen molar-refractivity contribution in [2.75, 3.05) is 18.8 Å². The summed E-state index contributed by atoms with van der Waals surface area (Å²) in [5, 5.41) is 10.2. The number of rotatable bonds is 7. The van der Waals surface area contributed by atoms with Crippen LogP contribution in [0.3, 0.4) is 0 Å². The predicted octanol–water partition coefficient (Wildman–Crippen LogP) is 3.80. The van der Waals surface area contributed by atoms with Gasteiger partial charge in [0.05, 0.1) is 17.3 Å². The molecule has 1 saturated heterocycles. The molecule has 1 aliphatic rings. The van der Waals surface area contributed by atoms with E-state index in [4.69, 9.17) is 10.1 Å². The highest BCUT2D eigenvalue weighted by molar-refractivity contribution is 7.99. The lowest BCUT2D eigenvalue weighted by Crippen LogP contribution is -2.38. The van der Waals surface area contributed by atoms with Gasteiger partial charge in [-0.2, -0.15) is 0 Å². The maximum Gasteiger partial charge on any atom is 0.304 e. The average molecular weight is 424 g/mol. The average Bonchev–Trinajstić information content (AvgIpc) is 2.75. The molecule has 1 aromatic heterocycles. The summed E-state index contributed by atoms with van der Waals surface area (Å²) in [5.41, 5.74) is 1.93. The van der Waals surface area contributed by atoms with Crippen LogP contribution in [0.1, 0.15) is 30.9 Å². The van der Waals surface area contributed by atoms with Gasteiger partial charge in [-0.3, -0.25) is 19.1 Å². The summed E-state index contributed by atoms with van der Waals surface area (Å²) in [7, 11) is 0. The van der Waals surface area contributed by atoms with Crippen LogP contribution in [0.15, 0.2) is 64.5 Å². The van der Waals surface area contributed by atoms with Gasteiger partial charge < -0.3 is 5.11 Å². The Morgan fingerprint density at radius 2 is 1.77 bits per heavy atom. The monoisotopic (exact) mass is 423 g/mol. The lowest BCUT2D eigenvalue weighted by atomic mass is 10.0. The van der Waals surface area contributed by atoms with E-state index in [1.165, 1.54) is 17.3 Å². The van der Waals surface area contributed by atoms with Gasteiger partial charge in [-0.1, -0.05) is 54.2 Å². The van der Waals surface area contributed by atoms with Gasteiger partial charge in [0.15, 0.2) is 5.16 Å². The molecule has 4 rings (SSSR count). The van der Waals surface area contributed by atoms with Crippen molar-refractivity contribution in [2.45, 2.75) is 37.0 Å². The first-order valence-electron chi connectivity index (χ1n) is 10.2. The molecule has 2 aromatic carbocycles. The van der Waals surface area contributed by atoms with Crippen LogP contribution in [-0.2, 0) is 11.3 Å². The van der Waals surface area contributed by atoms with Gasteiger partial charge in [-0.05, 0) is 30.5 Å². The first-order chi connectivity index (χ1) is 14.6. The minimum absolute atomic E-state index is 0.0278. The van der Waals surface area contributed by atoms with Crippen LogP contribution < -0.4 is 5.56 Å². The third-order valence-corrected chi connectivity index (χ3v) is 6.45. The number of benzene rings is 2. The summed E-state index contributed by atoms with van der Waals surface area (Å²) in [6.07, 6.45) is 1.79. The van der Waals surface area contributed by atoms with Crippen molar-refractivity contribution in [1.29, 1.82) is 0 Å². The lowest BCUT2D eigenvalue weighted by Gasteiger charge is -2.33. The SMILES string of the molecule is O=C(O)CCSc1nc2ccccc2c(=O)n1C1CCN(Cc2ccccc2)CC1. The van der Waals surface area contributed by atoms with E-state index >= 15 is 0 Å². The van der Waals surface area contributed by atoms with E-state index in [1.54, 1.807) is 0 Å². The molecule has 0 amide bonds. The van der Waals surface area contributed by atoms with Gasteiger partial charge in [0.2, 0.25) is 0 Å². The number of piperidine rings is 1. The van der Waals surface area contributed by atoms with Crippen molar-refractivity contribution in [3.63, 3.8) is 0 Å². The van der Waals surface area contributed by atoms with Gasteiger partial charge in [0, 0.05) is 31.4 Å². The number of carbonyl (C=O) groups is 1. The molecule has 0 radical (unpaired) electrons. The fraction of sp³-hybridized carbons (Fsp3) is 0.348. The Morgan fingerprint density at radius 3 is 2.50 bits per heavy atom. The van der Waals surface area contributed by atoms with E-state index in [1.807, 2.05) is 34.9 Å². The Hall–Kier alpha value is -2.64. The van der Waals surface area contributed by atoms with Crippen molar-refractivity contribution in [2.24, 2.45) is 0 Å². The van der Waals surface area contributed by atoms with Crippen molar-refractivity contribution in [1.82, 2.24) is 14.5 Å². The molecule has 2 heterocycles. The zero-order valence-corrected chi connectivity index (χ0v) is 17.6. The van der Waals surface area contributed by atoms with E-state index in [9.17, 15) is 9.59 Å². The first kappa shape index (κ1) is 20.6. The van der Waals surface area contributed by atoms with Crippen LogP contribution in [0, 0.1) is 0 Å². The maximum atomic E-state index is 13.3. The van der Waals surface area contributed by atoms with Crippen LogP contribution in [0.5, 0.6) is 0 Å². The van der Waals surface area contributed by atoms with Crippen LogP contribution in [0.2, 0.25) is 0 Å². The first-order valence-corrected chi connectivity index (χ1v) is 11.2. The largest absolute Gasteiger partial charge is 0.481 e. The Bertz CT molecular complexity index is 1080. The zero-order valence-electron chi connectivity index (χ0n) is 16.7. The molecule has 1 fully saturated rings. The van der Waals surface area contributed by atoms with Crippen LogP contribution in [0.25, 0.3) is 10.9 Å². The van der Waals surface area contributed by atoms with Gasteiger partial charge >= 0.3 is 5.97 Å². The fourth-order valence-corrected chi connectivity index (χ4v) is 4.95. The quantitative estimate of drug-likeness (QED) is 0.460. The summed E-state index contributed by atoms with van der Waals surface area (Å²) in [4.78, 5) is 31.4. The smallest absolute Gasteiger partial charge is 0.304 e. The van der Waals surface area contributed by atoms with E-state index in [0.717, 1.165) is 32.5 Å². The molecule has 0 unspecified atom stereocenters. The second kappa shape index (κ2) is 9.45. The summed E-state index contributed by atoms with van der Waals surface area (Å²) in [5.74, 6) is -0.445. The second-order valence-corrected chi connectivity index (χ2v) is 8.63. The normalized spacial score (nSPS) is 15.5. The van der Waals surface area contributed by atoms with Gasteiger partial charge in [0.1, 0.15) is 0 Å². The fourth-order valence-electron chi connectivity index (χ4n) is 3.96. The highest BCUT2D eigenvalue weighted by atomic mass is 32.2. The number of para-hydroxylation sites is 1. The van der Waals surface area contributed by atoms with Crippen LogP contribution in [-0.4, -0.2) is 44.4 Å². The van der Waals surface area contributed by atoms with E-state index in [-0.39, 0.29) is 18.0 Å². The Kier molecular flexibility index (Phi) is 6.50. The third-order valence-electron chi connectivity index (χ3n) is 5.49. The molecule has 0 aliphatic carbocycles. The maximum absolute atomic E-state index is 13.3. The highest BCUT2D eigenvalue weighted by Gasteiger charge is 2.25. The third kappa shape index (κ3) is 4.74. The molecule has 30 heavy (non-hydrogen) atoms. The molecular weight excluding hydrogens is 398 g/mol. The molecule has 0 spiro atoms. The molecule has 1 aliphatic heterocycles. The molecule has 0 atom stereocenters. The van der Waals surface area contributed by atoms with Crippen LogP contribution >= 0.6 is 11.8 Å². The minimum atomic E-state index is -0.841. The van der Waals surface area contributed by atoms with E-state index in [0.29, 0.717) is 21.8 Å². The number of likely N-dealkylation sites (tertiary alicyclic amines) is 1. The summed E-state index contributed by atoms with van der Waals surface area (Å²) in [6.45, 7) is 2.74. The summed E-state index contributed by atoms with van der Waals surface area (Å²) >= 11 is 1.36. The zero-order chi connectivity index (χ0) is 20.9. The topological polar surface area (TPSA) is 75.4 Å². The van der Waals surface area contributed by atoms with Gasteiger partial charge in [-0.25, -0.2) is 4.98 Å². The molecule has 1 N–H and O–H groups in total. The standard InChI is InChI=1S/C23H25N3O3S/c27-21(28)12-15-30-23-24-20-9-5-4-8-19(20)22(29)26(23)18-10-13-25(14-11-18)16-17-6-2-1-3-7-17/h1-9,18H,10-16H2,(H,27,28). The number of carboxylic acid groups (broad SMARTS) is 1. The Labute approximate surface area is 179 Å². The second-order valence-electron chi connectivity index (χ2n) is 7.57. The molecule has 6 nitrogen and oxygen atoms in total. The van der Waals surface area contributed by atoms with Crippen molar-refractivity contribution in [3.8, 4) is 0 Å². The van der Waals surface area contributed by atoms with E-state index in [2.05, 4.69) is 29.2 Å². The molecule has 0 bridgehead atoms. The number of carboxylic acids is 1. The minimum Gasteiger partial charge on any atom is -0.481 e. The van der Waals surface area contributed by atoms with Gasteiger partial charge in [-0.15, -0.1) is 0 Å². The molecule has 156 valence electrons. The number of fused-ring (bicyclic) bond motifs is 1. The van der Waals surface area contributed by atoms with Crippen molar-refractivity contribution < 1.29 is 9.90 Å². The highest BCUT2D eigenvalue weighted by Crippen LogP contribution is 2.28. The lowest BCUT2D eigenvalue weighted by molar-refractivity contribution is -0.136. The number of aliphatic carboxylic acids is 1. The number of hydrogen-bond acceptors (Lipinski definition) is 5. The Morgan fingerprint density at radius 1 is 1.07 bits per heavy atom.